The Hall–Kier alpha value is -2.63. The molecule has 1 amide bonds. The van der Waals surface area contributed by atoms with Crippen molar-refractivity contribution in [3.05, 3.63) is 42.3 Å². The summed E-state index contributed by atoms with van der Waals surface area (Å²) in [6, 6.07) is 9.65. The highest BCUT2D eigenvalue weighted by Gasteiger charge is 2.34. The average molecular weight is 328 g/mol. The number of carboxylic acids is 1. The molecule has 2 aromatic rings. The third-order valence-electron chi connectivity index (χ3n) is 4.10. The Bertz CT molecular complexity index is 722. The third kappa shape index (κ3) is 3.82. The summed E-state index contributed by atoms with van der Waals surface area (Å²) in [4.78, 5) is 29.6. The van der Waals surface area contributed by atoms with Crippen molar-refractivity contribution in [3.8, 4) is 11.5 Å². The summed E-state index contributed by atoms with van der Waals surface area (Å²) < 4.78 is 5.45. The van der Waals surface area contributed by atoms with E-state index < -0.39 is 11.9 Å². The molecule has 3 rings (SSSR count). The Morgan fingerprint density at radius 3 is 2.67 bits per heavy atom. The third-order valence-corrected chi connectivity index (χ3v) is 4.10. The van der Waals surface area contributed by atoms with Crippen LogP contribution in [0, 0.1) is 5.92 Å². The van der Waals surface area contributed by atoms with Crippen molar-refractivity contribution in [1.29, 1.82) is 0 Å². The van der Waals surface area contributed by atoms with Crippen LogP contribution in [0.15, 0.2) is 41.0 Å². The van der Waals surface area contributed by atoms with Crippen LogP contribution in [0.1, 0.15) is 25.5 Å². The van der Waals surface area contributed by atoms with E-state index in [-0.39, 0.29) is 24.9 Å². The largest absolute Gasteiger partial charge is 0.481 e. The van der Waals surface area contributed by atoms with Crippen LogP contribution in [0.3, 0.4) is 0 Å². The number of carboxylic acid groups (broad SMARTS) is 1. The van der Waals surface area contributed by atoms with Gasteiger partial charge in [-0.3, -0.25) is 9.59 Å². The number of nitrogens with zero attached hydrogens (tertiary/aromatic N) is 2. The molecule has 126 valence electrons. The molecule has 1 atom stereocenters. The molecule has 0 saturated heterocycles. The molecule has 1 fully saturated rings. The zero-order chi connectivity index (χ0) is 17.1. The molecule has 0 aliphatic heterocycles. The van der Waals surface area contributed by atoms with E-state index in [1.54, 1.807) is 11.8 Å². The highest BCUT2D eigenvalue weighted by molar-refractivity contribution is 5.80. The van der Waals surface area contributed by atoms with Gasteiger partial charge in [0.05, 0.1) is 18.0 Å². The number of carbonyl (C=O) groups is 2. The minimum absolute atomic E-state index is 0.0986. The van der Waals surface area contributed by atoms with Crippen LogP contribution in [-0.2, 0) is 16.0 Å². The van der Waals surface area contributed by atoms with Gasteiger partial charge in [-0.15, -0.1) is 0 Å². The molecular weight excluding hydrogens is 308 g/mol. The molecule has 0 spiro atoms. The minimum atomic E-state index is -0.888. The fourth-order valence-electron chi connectivity index (χ4n) is 2.57. The Morgan fingerprint density at radius 1 is 1.33 bits per heavy atom. The van der Waals surface area contributed by atoms with Crippen LogP contribution in [0.25, 0.3) is 11.5 Å². The molecule has 1 saturated carbocycles. The number of carbonyl (C=O) groups excluding carboxylic acids is 1. The number of hydrogen-bond acceptors (Lipinski definition) is 4. The van der Waals surface area contributed by atoms with Gasteiger partial charge < -0.3 is 14.4 Å². The van der Waals surface area contributed by atoms with E-state index in [9.17, 15) is 9.59 Å². The van der Waals surface area contributed by atoms with Gasteiger partial charge in [-0.2, -0.15) is 0 Å². The Morgan fingerprint density at radius 2 is 2.04 bits per heavy atom. The van der Waals surface area contributed by atoms with E-state index in [2.05, 4.69) is 4.98 Å². The fourth-order valence-corrected chi connectivity index (χ4v) is 2.57. The number of aromatic nitrogens is 1. The van der Waals surface area contributed by atoms with E-state index in [0.29, 0.717) is 11.6 Å². The summed E-state index contributed by atoms with van der Waals surface area (Å²) in [6.07, 6.45) is 3.49. The summed E-state index contributed by atoms with van der Waals surface area (Å²) in [6.45, 7) is 1.86. The maximum atomic E-state index is 12.5. The fraction of sp³-hybridized carbons (Fsp3) is 0.389. The Balaban J connectivity index is 1.67. The van der Waals surface area contributed by atoms with Crippen LogP contribution in [0.4, 0.5) is 0 Å². The van der Waals surface area contributed by atoms with E-state index in [0.717, 1.165) is 18.4 Å². The van der Waals surface area contributed by atoms with Gasteiger partial charge in [-0.25, -0.2) is 4.98 Å². The van der Waals surface area contributed by atoms with E-state index in [1.807, 2.05) is 30.3 Å². The maximum absolute atomic E-state index is 12.5. The van der Waals surface area contributed by atoms with Crippen LogP contribution in [0.2, 0.25) is 0 Å². The van der Waals surface area contributed by atoms with Gasteiger partial charge in [0.15, 0.2) is 0 Å². The van der Waals surface area contributed by atoms with Gasteiger partial charge in [0.25, 0.3) is 0 Å². The topological polar surface area (TPSA) is 83.6 Å². The van der Waals surface area contributed by atoms with Crippen molar-refractivity contribution < 1.29 is 19.1 Å². The molecule has 1 heterocycles. The molecule has 1 aliphatic rings. The first-order chi connectivity index (χ1) is 11.5. The lowest BCUT2D eigenvalue weighted by Gasteiger charge is -2.24. The molecule has 6 nitrogen and oxygen atoms in total. The molecule has 0 unspecified atom stereocenters. The summed E-state index contributed by atoms with van der Waals surface area (Å²) in [7, 11) is 0. The highest BCUT2D eigenvalue weighted by atomic mass is 16.4. The van der Waals surface area contributed by atoms with Crippen molar-refractivity contribution in [3.63, 3.8) is 0 Å². The number of rotatable bonds is 7. The maximum Gasteiger partial charge on any atom is 0.308 e. The van der Waals surface area contributed by atoms with Gasteiger partial charge in [0.2, 0.25) is 11.8 Å². The van der Waals surface area contributed by atoms with Gasteiger partial charge in [0, 0.05) is 18.2 Å². The molecule has 6 heteroatoms. The minimum Gasteiger partial charge on any atom is -0.481 e. The summed E-state index contributed by atoms with van der Waals surface area (Å²) in [5.41, 5.74) is 1.42. The van der Waals surface area contributed by atoms with Crippen molar-refractivity contribution in [2.24, 2.45) is 5.92 Å². The van der Waals surface area contributed by atoms with Gasteiger partial charge in [0.1, 0.15) is 6.26 Å². The summed E-state index contributed by atoms with van der Waals surface area (Å²) in [5, 5.41) is 9.07. The summed E-state index contributed by atoms with van der Waals surface area (Å²) in [5.74, 6) is -1.08. The molecular formula is C18H20N2O4. The molecule has 1 aliphatic carbocycles. The highest BCUT2D eigenvalue weighted by Crippen LogP contribution is 2.28. The van der Waals surface area contributed by atoms with Crippen molar-refractivity contribution in [1.82, 2.24) is 9.88 Å². The smallest absolute Gasteiger partial charge is 0.308 e. The van der Waals surface area contributed by atoms with E-state index >= 15 is 0 Å². The lowest BCUT2D eigenvalue weighted by molar-refractivity contribution is -0.143. The van der Waals surface area contributed by atoms with Gasteiger partial charge in [-0.1, -0.05) is 25.1 Å². The van der Waals surface area contributed by atoms with E-state index in [1.165, 1.54) is 6.26 Å². The van der Waals surface area contributed by atoms with Gasteiger partial charge >= 0.3 is 5.97 Å². The van der Waals surface area contributed by atoms with Crippen LogP contribution in [0.5, 0.6) is 0 Å². The molecule has 1 aromatic heterocycles. The lowest BCUT2D eigenvalue weighted by Crippen LogP contribution is -2.39. The predicted molar refractivity (Wildman–Crippen MR) is 87.2 cm³/mol. The normalized spacial score (nSPS) is 15.0. The molecule has 0 bridgehead atoms. The van der Waals surface area contributed by atoms with Crippen molar-refractivity contribution in [2.45, 2.75) is 32.2 Å². The number of benzene rings is 1. The molecule has 1 aromatic carbocycles. The Labute approximate surface area is 140 Å². The quantitative estimate of drug-likeness (QED) is 0.844. The first-order valence-electron chi connectivity index (χ1n) is 8.06. The van der Waals surface area contributed by atoms with Crippen molar-refractivity contribution >= 4 is 11.9 Å². The second kappa shape index (κ2) is 6.86. The Kier molecular flexibility index (Phi) is 4.64. The predicted octanol–water partition coefficient (Wildman–Crippen LogP) is 2.60. The number of hydrogen-bond donors (Lipinski definition) is 1. The summed E-state index contributed by atoms with van der Waals surface area (Å²) >= 11 is 0. The van der Waals surface area contributed by atoms with Crippen LogP contribution in [-0.4, -0.2) is 39.5 Å². The molecule has 24 heavy (non-hydrogen) atoms. The van der Waals surface area contributed by atoms with E-state index in [4.69, 9.17) is 9.52 Å². The zero-order valence-electron chi connectivity index (χ0n) is 13.5. The lowest BCUT2D eigenvalue weighted by atomic mass is 10.1. The monoisotopic (exact) mass is 328 g/mol. The first kappa shape index (κ1) is 16.2. The number of amides is 1. The van der Waals surface area contributed by atoms with Gasteiger partial charge in [-0.05, 0) is 25.0 Å². The second-order valence-corrected chi connectivity index (χ2v) is 6.20. The van der Waals surface area contributed by atoms with Crippen LogP contribution < -0.4 is 0 Å². The molecule has 1 N–H and O–H groups in total. The van der Waals surface area contributed by atoms with Crippen LogP contribution >= 0.6 is 0 Å². The van der Waals surface area contributed by atoms with Crippen molar-refractivity contribution in [2.75, 3.05) is 6.54 Å². The first-order valence-corrected chi connectivity index (χ1v) is 8.06. The average Bonchev–Trinajstić information content (AvgIpc) is 3.31. The zero-order valence-corrected chi connectivity index (χ0v) is 13.5. The number of aliphatic carboxylic acids is 1. The molecule has 0 radical (unpaired) electrons. The SMILES string of the molecule is C[C@H](CN(C(=O)Cc1coc(-c2ccccc2)n1)C1CC1)C(=O)O. The second-order valence-electron chi connectivity index (χ2n) is 6.20. The standard InChI is InChI=1S/C18H20N2O4/c1-12(18(22)23)10-20(15-7-8-15)16(21)9-14-11-24-17(19-14)13-5-3-2-4-6-13/h2-6,11-12,15H,7-10H2,1H3,(H,22,23)/t12-/m1/s1. The number of oxazole rings is 1.